The van der Waals surface area contributed by atoms with Crippen LogP contribution in [0.25, 0.3) is 0 Å². The fourth-order valence-corrected chi connectivity index (χ4v) is 6.22. The molecule has 2 saturated heterocycles. The van der Waals surface area contributed by atoms with Crippen molar-refractivity contribution in [3.63, 3.8) is 0 Å². The lowest BCUT2D eigenvalue weighted by Crippen LogP contribution is -2.54. The number of hydrogen-bond donors (Lipinski definition) is 0. The summed E-state index contributed by atoms with van der Waals surface area (Å²) in [5.41, 5.74) is -0.480. The maximum absolute atomic E-state index is 13.1. The van der Waals surface area contributed by atoms with E-state index in [-0.39, 0.29) is 40.7 Å². The molecule has 172 valence electrons. The lowest BCUT2D eigenvalue weighted by atomic mass is 9.90. The van der Waals surface area contributed by atoms with Crippen LogP contribution in [0.15, 0.2) is 23.1 Å². The summed E-state index contributed by atoms with van der Waals surface area (Å²) in [4.78, 5) is 29.2. The summed E-state index contributed by atoms with van der Waals surface area (Å²) in [5.74, 6) is -0.200. The molecule has 31 heavy (non-hydrogen) atoms. The monoisotopic (exact) mass is 489 g/mol. The maximum Gasteiger partial charge on any atom is 0.244 e. The fraction of sp³-hybridized carbons (Fsp3) is 0.619. The zero-order valence-corrected chi connectivity index (χ0v) is 20.4. The van der Waals surface area contributed by atoms with Gasteiger partial charge in [-0.3, -0.25) is 9.59 Å². The van der Waals surface area contributed by atoms with E-state index < -0.39 is 15.4 Å². The van der Waals surface area contributed by atoms with E-state index in [0.29, 0.717) is 31.2 Å². The minimum Gasteiger partial charge on any atom is -0.341 e. The molecule has 0 spiro atoms. The quantitative estimate of drug-likeness (QED) is 0.653. The summed E-state index contributed by atoms with van der Waals surface area (Å²) in [6.07, 6.45) is 1.53. The predicted octanol–water partition coefficient (Wildman–Crippen LogP) is 3.11. The van der Waals surface area contributed by atoms with Gasteiger partial charge in [-0.2, -0.15) is 4.31 Å². The maximum atomic E-state index is 13.1. The number of rotatable bonds is 3. The Balaban J connectivity index is 1.63. The van der Waals surface area contributed by atoms with E-state index in [1.807, 2.05) is 20.8 Å². The van der Waals surface area contributed by atoms with Crippen molar-refractivity contribution in [1.82, 2.24) is 14.1 Å². The Kier molecular flexibility index (Phi) is 7.25. The molecule has 2 fully saturated rings. The molecular weight excluding hydrogens is 461 g/mol. The van der Waals surface area contributed by atoms with Gasteiger partial charge in [-0.15, -0.1) is 0 Å². The number of carbonyl (C=O) groups is 2. The van der Waals surface area contributed by atoms with E-state index in [4.69, 9.17) is 23.2 Å². The van der Waals surface area contributed by atoms with Crippen molar-refractivity contribution in [2.45, 2.75) is 38.5 Å². The minimum absolute atomic E-state index is 0.00996. The summed E-state index contributed by atoms with van der Waals surface area (Å²) in [5, 5.41) is 0.414. The van der Waals surface area contributed by atoms with Crippen LogP contribution >= 0.6 is 23.2 Å². The molecule has 3 rings (SSSR count). The van der Waals surface area contributed by atoms with E-state index in [2.05, 4.69) is 0 Å². The van der Waals surface area contributed by atoms with Gasteiger partial charge in [0.15, 0.2) is 0 Å². The lowest BCUT2D eigenvalue weighted by Gasteiger charge is -2.40. The van der Waals surface area contributed by atoms with Crippen LogP contribution in [0, 0.1) is 11.3 Å². The molecule has 2 heterocycles. The van der Waals surface area contributed by atoms with Crippen molar-refractivity contribution in [1.29, 1.82) is 0 Å². The molecule has 2 amide bonds. The Bertz CT molecular complexity index is 954. The number of carbonyl (C=O) groups excluding carboxylic acids is 2. The highest BCUT2D eigenvalue weighted by atomic mass is 35.5. The van der Waals surface area contributed by atoms with Gasteiger partial charge in [0.1, 0.15) is 4.90 Å². The molecule has 0 N–H and O–H groups in total. The minimum atomic E-state index is -3.80. The molecule has 10 heteroatoms. The molecule has 1 aromatic rings. The first-order valence-electron chi connectivity index (χ1n) is 10.4. The standard InChI is InChI=1S/C21H29Cl2N3O4S/c1-21(2,3)20(28)25-8-4-5-15(14-25)19(27)24-9-11-26(12-10-24)31(29,30)18-13-16(22)6-7-17(18)23/h6-7,13,15H,4-5,8-12,14H2,1-3H3. The first-order valence-corrected chi connectivity index (χ1v) is 12.6. The molecule has 2 aliphatic rings. The van der Waals surface area contributed by atoms with Gasteiger partial charge < -0.3 is 9.80 Å². The number of likely N-dealkylation sites (tertiary alicyclic amines) is 1. The van der Waals surface area contributed by atoms with Crippen LogP contribution in [0.4, 0.5) is 0 Å². The van der Waals surface area contributed by atoms with Crippen molar-refractivity contribution in [3.8, 4) is 0 Å². The second kappa shape index (κ2) is 9.25. The van der Waals surface area contributed by atoms with Crippen molar-refractivity contribution < 1.29 is 18.0 Å². The molecule has 0 saturated carbocycles. The van der Waals surface area contributed by atoms with Gasteiger partial charge in [0, 0.05) is 49.7 Å². The Morgan fingerprint density at radius 2 is 1.65 bits per heavy atom. The van der Waals surface area contributed by atoms with Crippen molar-refractivity contribution >= 4 is 45.0 Å². The summed E-state index contributed by atoms with van der Waals surface area (Å²) in [6.45, 7) is 7.73. The van der Waals surface area contributed by atoms with E-state index in [1.54, 1.807) is 9.80 Å². The Morgan fingerprint density at radius 1 is 1.00 bits per heavy atom. The Labute approximate surface area is 194 Å². The van der Waals surface area contributed by atoms with Crippen LogP contribution in [0.5, 0.6) is 0 Å². The number of sulfonamides is 1. The number of amides is 2. The van der Waals surface area contributed by atoms with Crippen LogP contribution in [0.3, 0.4) is 0 Å². The second-order valence-corrected chi connectivity index (χ2v) is 11.9. The third-order valence-corrected chi connectivity index (χ3v) is 8.38. The Hall–Kier alpha value is -1.35. The van der Waals surface area contributed by atoms with Crippen LogP contribution < -0.4 is 0 Å². The molecule has 0 aromatic heterocycles. The van der Waals surface area contributed by atoms with Crippen molar-refractivity contribution in [3.05, 3.63) is 28.2 Å². The lowest BCUT2D eigenvalue weighted by molar-refractivity contribution is -0.145. The number of benzene rings is 1. The number of hydrogen-bond acceptors (Lipinski definition) is 4. The van der Waals surface area contributed by atoms with Crippen LogP contribution in [-0.4, -0.2) is 73.6 Å². The predicted molar refractivity (Wildman–Crippen MR) is 121 cm³/mol. The molecule has 0 bridgehead atoms. The number of piperidine rings is 1. The largest absolute Gasteiger partial charge is 0.341 e. The third-order valence-electron chi connectivity index (χ3n) is 5.76. The van der Waals surface area contributed by atoms with Crippen LogP contribution in [0.1, 0.15) is 33.6 Å². The summed E-state index contributed by atoms with van der Waals surface area (Å²) in [7, 11) is -3.80. The van der Waals surface area contributed by atoms with Crippen molar-refractivity contribution in [2.24, 2.45) is 11.3 Å². The smallest absolute Gasteiger partial charge is 0.244 e. The highest BCUT2D eigenvalue weighted by Gasteiger charge is 2.37. The van der Waals surface area contributed by atoms with E-state index >= 15 is 0 Å². The summed E-state index contributed by atoms with van der Waals surface area (Å²) in [6, 6.07) is 4.35. The molecular formula is C21H29Cl2N3O4S. The van der Waals surface area contributed by atoms with Gasteiger partial charge in [-0.05, 0) is 31.0 Å². The number of piperazine rings is 1. The highest BCUT2D eigenvalue weighted by Crippen LogP contribution is 2.29. The third kappa shape index (κ3) is 5.35. The first-order chi connectivity index (χ1) is 14.4. The highest BCUT2D eigenvalue weighted by molar-refractivity contribution is 7.89. The average molecular weight is 490 g/mol. The molecule has 0 aliphatic carbocycles. The van der Waals surface area contributed by atoms with E-state index in [9.17, 15) is 18.0 Å². The van der Waals surface area contributed by atoms with E-state index in [0.717, 1.165) is 12.8 Å². The summed E-state index contributed by atoms with van der Waals surface area (Å²) < 4.78 is 27.3. The average Bonchev–Trinajstić information content (AvgIpc) is 2.73. The molecule has 1 unspecified atom stereocenters. The fourth-order valence-electron chi connectivity index (χ4n) is 4.06. The SMILES string of the molecule is CC(C)(C)C(=O)N1CCCC(C(=O)N2CCN(S(=O)(=O)c3cc(Cl)ccc3Cl)CC2)C1. The van der Waals surface area contributed by atoms with Gasteiger partial charge in [-0.1, -0.05) is 44.0 Å². The van der Waals surface area contributed by atoms with Gasteiger partial charge in [-0.25, -0.2) is 8.42 Å². The van der Waals surface area contributed by atoms with Gasteiger partial charge in [0.25, 0.3) is 0 Å². The normalized spacial score (nSPS) is 21.3. The summed E-state index contributed by atoms with van der Waals surface area (Å²) >= 11 is 12.0. The number of halogens is 2. The van der Waals surface area contributed by atoms with Crippen molar-refractivity contribution in [2.75, 3.05) is 39.3 Å². The number of nitrogens with zero attached hydrogens (tertiary/aromatic N) is 3. The first kappa shape index (κ1) is 24.3. The Morgan fingerprint density at radius 3 is 2.26 bits per heavy atom. The van der Waals surface area contributed by atoms with Gasteiger partial charge in [0.2, 0.25) is 21.8 Å². The van der Waals surface area contributed by atoms with Crippen LogP contribution in [-0.2, 0) is 19.6 Å². The molecule has 2 aliphatic heterocycles. The molecule has 0 radical (unpaired) electrons. The topological polar surface area (TPSA) is 78.0 Å². The van der Waals surface area contributed by atoms with E-state index in [1.165, 1.54) is 22.5 Å². The van der Waals surface area contributed by atoms with Crippen LogP contribution in [0.2, 0.25) is 10.0 Å². The zero-order valence-electron chi connectivity index (χ0n) is 18.1. The second-order valence-electron chi connectivity index (χ2n) is 9.14. The molecule has 7 nitrogen and oxygen atoms in total. The molecule has 1 atom stereocenters. The molecule has 1 aromatic carbocycles. The van der Waals surface area contributed by atoms with Gasteiger partial charge in [0.05, 0.1) is 10.9 Å². The van der Waals surface area contributed by atoms with Gasteiger partial charge >= 0.3 is 0 Å². The zero-order chi connectivity index (χ0) is 23.0.